The molecular formula is C28H25N3O6. The second kappa shape index (κ2) is 10.1. The minimum Gasteiger partial charge on any atom is -0.489 e. The Bertz CT molecular complexity index is 1450. The highest BCUT2D eigenvalue weighted by molar-refractivity contribution is 6.14. The fraction of sp³-hybridized carbons (Fsp3) is 0.214. The van der Waals surface area contributed by atoms with Gasteiger partial charge in [-0.05, 0) is 61.6 Å². The predicted octanol–water partition coefficient (Wildman–Crippen LogP) is 4.76. The zero-order valence-electron chi connectivity index (χ0n) is 20.2. The van der Waals surface area contributed by atoms with Gasteiger partial charge in [-0.1, -0.05) is 35.5 Å². The summed E-state index contributed by atoms with van der Waals surface area (Å²) in [5.41, 5.74) is 7.67. The van der Waals surface area contributed by atoms with Crippen molar-refractivity contribution < 1.29 is 28.4 Å². The molecule has 2 aromatic carbocycles. The molecule has 2 N–H and O–H groups in total. The topological polar surface area (TPSA) is 127 Å². The van der Waals surface area contributed by atoms with Gasteiger partial charge < -0.3 is 19.7 Å². The monoisotopic (exact) mass is 499 g/mol. The van der Waals surface area contributed by atoms with Crippen LogP contribution in [0.3, 0.4) is 0 Å². The SMILES string of the molecule is Cc1onc(-c2ccc(OCc3ccccc3)cc2)c1C(=O)c1cc(C(=O)OCC2CC2)n(C(N)=O)c1. The van der Waals surface area contributed by atoms with E-state index in [9.17, 15) is 14.4 Å². The van der Waals surface area contributed by atoms with E-state index in [-0.39, 0.29) is 23.4 Å². The molecule has 5 rings (SSSR count). The number of hydrogen-bond donors (Lipinski definition) is 1. The number of ether oxygens (including phenoxy) is 2. The van der Waals surface area contributed by atoms with Gasteiger partial charge in [-0.2, -0.15) is 0 Å². The molecule has 2 heterocycles. The maximum atomic E-state index is 13.5. The summed E-state index contributed by atoms with van der Waals surface area (Å²) in [7, 11) is 0. The van der Waals surface area contributed by atoms with Crippen molar-refractivity contribution in [2.45, 2.75) is 26.4 Å². The lowest BCUT2D eigenvalue weighted by Gasteiger charge is -2.07. The van der Waals surface area contributed by atoms with E-state index in [0.717, 1.165) is 23.0 Å². The standard InChI is InChI=1S/C28H25N3O6/c1-17-24(26(32)21-13-23(31(14-21)28(29)34)27(33)36-16-19-7-8-19)25(30-37-17)20-9-11-22(12-10-20)35-15-18-5-3-2-4-6-18/h2-6,9-14,19H,7-8,15-16H2,1H3,(H2,29,34). The first kappa shape index (κ1) is 24.1. The molecule has 9 nitrogen and oxygen atoms in total. The molecule has 37 heavy (non-hydrogen) atoms. The van der Waals surface area contributed by atoms with Crippen molar-refractivity contribution in [2.24, 2.45) is 11.7 Å². The van der Waals surface area contributed by atoms with Gasteiger partial charge in [0.2, 0.25) is 0 Å². The van der Waals surface area contributed by atoms with Crippen LogP contribution in [-0.4, -0.2) is 34.1 Å². The maximum absolute atomic E-state index is 13.5. The van der Waals surface area contributed by atoms with Gasteiger partial charge in [0.25, 0.3) is 0 Å². The Morgan fingerprint density at radius 3 is 2.49 bits per heavy atom. The summed E-state index contributed by atoms with van der Waals surface area (Å²) in [6, 6.07) is 17.3. The number of carbonyl (C=O) groups is 3. The quantitative estimate of drug-likeness (QED) is 0.260. The number of aromatic nitrogens is 2. The van der Waals surface area contributed by atoms with E-state index in [0.29, 0.717) is 35.3 Å². The van der Waals surface area contributed by atoms with Crippen molar-refractivity contribution >= 4 is 17.8 Å². The fourth-order valence-corrected chi connectivity index (χ4v) is 3.91. The molecule has 1 aliphatic carbocycles. The molecule has 0 atom stereocenters. The molecule has 1 saturated carbocycles. The van der Waals surface area contributed by atoms with Crippen molar-refractivity contribution in [1.82, 2.24) is 9.72 Å². The molecule has 0 spiro atoms. The normalized spacial score (nSPS) is 12.8. The number of carbonyl (C=O) groups excluding carboxylic acids is 3. The zero-order chi connectivity index (χ0) is 25.9. The van der Waals surface area contributed by atoms with Crippen LogP contribution in [0.25, 0.3) is 11.3 Å². The lowest BCUT2D eigenvalue weighted by Crippen LogP contribution is -2.24. The Morgan fingerprint density at radius 1 is 1.08 bits per heavy atom. The second-order valence-corrected chi connectivity index (χ2v) is 8.95. The fourth-order valence-electron chi connectivity index (χ4n) is 3.91. The molecule has 0 aliphatic heterocycles. The average molecular weight is 500 g/mol. The number of benzene rings is 2. The molecule has 9 heteroatoms. The summed E-state index contributed by atoms with van der Waals surface area (Å²) in [6.07, 6.45) is 3.24. The number of amides is 1. The summed E-state index contributed by atoms with van der Waals surface area (Å²) in [5, 5.41) is 4.08. The molecule has 188 valence electrons. The minimum atomic E-state index is -0.897. The van der Waals surface area contributed by atoms with Crippen LogP contribution < -0.4 is 10.5 Å². The van der Waals surface area contributed by atoms with Crippen molar-refractivity contribution in [1.29, 1.82) is 0 Å². The number of nitrogens with two attached hydrogens (primary N) is 1. The molecule has 0 bridgehead atoms. The molecule has 1 amide bonds. The van der Waals surface area contributed by atoms with Gasteiger partial charge in [-0.15, -0.1) is 0 Å². The summed E-state index contributed by atoms with van der Waals surface area (Å²) in [4.78, 5) is 38.0. The first-order valence-corrected chi connectivity index (χ1v) is 11.9. The van der Waals surface area contributed by atoms with Gasteiger partial charge in [0, 0.05) is 17.3 Å². The smallest absolute Gasteiger partial charge is 0.355 e. The number of primary amides is 1. The van der Waals surface area contributed by atoms with Crippen molar-refractivity contribution in [2.75, 3.05) is 6.61 Å². The van der Waals surface area contributed by atoms with Crippen LogP contribution in [-0.2, 0) is 11.3 Å². The Hall–Kier alpha value is -4.66. The maximum Gasteiger partial charge on any atom is 0.355 e. The van der Waals surface area contributed by atoms with E-state index in [1.807, 2.05) is 30.3 Å². The first-order valence-electron chi connectivity index (χ1n) is 11.9. The van der Waals surface area contributed by atoms with Crippen LogP contribution in [0.1, 0.15) is 50.6 Å². The van der Waals surface area contributed by atoms with Crippen molar-refractivity contribution in [3.63, 3.8) is 0 Å². The third kappa shape index (κ3) is 5.30. The van der Waals surface area contributed by atoms with Gasteiger partial charge in [-0.25, -0.2) is 9.59 Å². The number of nitrogens with zero attached hydrogens (tertiary/aromatic N) is 2. The van der Waals surface area contributed by atoms with E-state index in [1.54, 1.807) is 31.2 Å². The van der Waals surface area contributed by atoms with Crippen LogP contribution in [0.5, 0.6) is 5.75 Å². The third-order valence-corrected chi connectivity index (χ3v) is 6.14. The molecule has 0 saturated heterocycles. The van der Waals surface area contributed by atoms with Gasteiger partial charge >= 0.3 is 12.0 Å². The van der Waals surface area contributed by atoms with Crippen LogP contribution >= 0.6 is 0 Å². The lowest BCUT2D eigenvalue weighted by atomic mass is 9.99. The molecule has 0 unspecified atom stereocenters. The highest BCUT2D eigenvalue weighted by atomic mass is 16.5. The Labute approximate surface area is 212 Å². The molecule has 0 radical (unpaired) electrons. The molecule has 4 aromatic rings. The van der Waals surface area contributed by atoms with E-state index in [2.05, 4.69) is 5.16 Å². The Morgan fingerprint density at radius 2 is 1.81 bits per heavy atom. The summed E-state index contributed by atoms with van der Waals surface area (Å²) in [5.74, 6) is 0.134. The number of aryl methyl sites for hydroxylation is 1. The van der Waals surface area contributed by atoms with Crippen molar-refractivity contribution in [3.8, 4) is 17.0 Å². The predicted molar refractivity (Wildman–Crippen MR) is 133 cm³/mol. The third-order valence-electron chi connectivity index (χ3n) is 6.14. The average Bonchev–Trinajstić information content (AvgIpc) is 3.49. The van der Waals surface area contributed by atoms with Crippen LogP contribution in [0.4, 0.5) is 4.79 Å². The van der Waals surface area contributed by atoms with Crippen LogP contribution in [0.15, 0.2) is 71.4 Å². The van der Waals surface area contributed by atoms with Gasteiger partial charge in [0.05, 0.1) is 12.2 Å². The highest BCUT2D eigenvalue weighted by Gasteiger charge is 2.28. The van der Waals surface area contributed by atoms with Crippen LogP contribution in [0, 0.1) is 12.8 Å². The van der Waals surface area contributed by atoms with Gasteiger partial charge in [0.1, 0.15) is 29.5 Å². The number of rotatable bonds is 9. The minimum absolute atomic E-state index is 0.0903. The van der Waals surface area contributed by atoms with Gasteiger partial charge in [0.15, 0.2) is 5.78 Å². The van der Waals surface area contributed by atoms with E-state index in [1.165, 1.54) is 12.3 Å². The molecule has 2 aromatic heterocycles. The largest absolute Gasteiger partial charge is 0.489 e. The van der Waals surface area contributed by atoms with E-state index < -0.39 is 17.8 Å². The molecule has 1 fully saturated rings. The van der Waals surface area contributed by atoms with E-state index >= 15 is 0 Å². The Kier molecular flexibility index (Phi) is 6.59. The molecular weight excluding hydrogens is 474 g/mol. The summed E-state index contributed by atoms with van der Waals surface area (Å²) in [6.45, 7) is 2.32. The lowest BCUT2D eigenvalue weighted by molar-refractivity contribution is 0.0476. The Balaban J connectivity index is 1.37. The zero-order valence-corrected chi connectivity index (χ0v) is 20.2. The van der Waals surface area contributed by atoms with Gasteiger partial charge in [-0.3, -0.25) is 9.36 Å². The summed E-state index contributed by atoms with van der Waals surface area (Å²) < 4.78 is 17.4. The van der Waals surface area contributed by atoms with E-state index in [4.69, 9.17) is 19.7 Å². The number of hydrogen-bond acceptors (Lipinski definition) is 7. The highest BCUT2D eigenvalue weighted by Crippen LogP contribution is 2.31. The number of ketones is 1. The second-order valence-electron chi connectivity index (χ2n) is 8.95. The number of esters is 1. The summed E-state index contributed by atoms with van der Waals surface area (Å²) >= 11 is 0. The van der Waals surface area contributed by atoms with Crippen LogP contribution in [0.2, 0.25) is 0 Å². The molecule has 1 aliphatic rings. The first-order chi connectivity index (χ1) is 17.9. The van der Waals surface area contributed by atoms with Crippen molar-refractivity contribution in [3.05, 3.63) is 95.0 Å².